The van der Waals surface area contributed by atoms with E-state index in [9.17, 15) is 0 Å². The van der Waals surface area contributed by atoms with Crippen LogP contribution in [0.5, 0.6) is 0 Å². The van der Waals surface area contributed by atoms with Crippen LogP contribution in [-0.4, -0.2) is 0 Å². The van der Waals surface area contributed by atoms with Crippen molar-refractivity contribution in [2.24, 2.45) is 0 Å². The third-order valence-electron chi connectivity index (χ3n) is 3.09. The number of hydrogen-bond donors (Lipinski definition) is 0. The molecule has 0 atom stereocenters. The van der Waals surface area contributed by atoms with Crippen LogP contribution in [-0.2, 0) is 39.1 Å². The minimum Gasteiger partial charge on any atom is -0.657 e. The van der Waals surface area contributed by atoms with Gasteiger partial charge in [-0.2, -0.15) is 6.42 Å². The maximum absolute atomic E-state index is 4.69. The van der Waals surface area contributed by atoms with Gasteiger partial charge in [0.25, 0.3) is 0 Å². The number of fused-ring (bicyclic) bond motifs is 2. The molecule has 0 saturated heterocycles. The van der Waals surface area contributed by atoms with Crippen molar-refractivity contribution in [1.29, 1.82) is 0 Å². The minimum atomic E-state index is 0. The van der Waals surface area contributed by atoms with Gasteiger partial charge in [-0.1, -0.05) is 65.6 Å². The van der Waals surface area contributed by atoms with Crippen LogP contribution in [0.4, 0.5) is 11.4 Å². The maximum atomic E-state index is 4.69. The van der Waals surface area contributed by atoms with Gasteiger partial charge in [0, 0.05) is 32.7 Å². The van der Waals surface area contributed by atoms with Crippen molar-refractivity contribution < 1.29 is 32.7 Å². The topological polar surface area (TPSA) is 14.1 Å². The van der Waals surface area contributed by atoms with E-state index < -0.39 is 0 Å². The van der Waals surface area contributed by atoms with Crippen LogP contribution in [0.15, 0.2) is 36.4 Å². The molecule has 0 spiro atoms. The van der Waals surface area contributed by atoms with Gasteiger partial charge < -0.3 is 12.2 Å². The van der Waals surface area contributed by atoms with Crippen molar-refractivity contribution in [2.45, 2.75) is 33.6 Å². The zero-order valence-electron chi connectivity index (χ0n) is 12.6. The first-order chi connectivity index (χ1) is 9.13. The van der Waals surface area contributed by atoms with Gasteiger partial charge in [0.2, 0.25) is 0 Å². The van der Waals surface area contributed by atoms with E-state index in [-0.39, 0.29) is 32.7 Å². The van der Waals surface area contributed by atoms with E-state index in [0.717, 1.165) is 24.2 Å². The summed E-state index contributed by atoms with van der Waals surface area (Å²) >= 11 is 0. The van der Waals surface area contributed by atoms with E-state index >= 15 is 0 Å². The molecule has 0 aromatic heterocycles. The van der Waals surface area contributed by atoms with Crippen LogP contribution < -0.4 is 0 Å². The van der Waals surface area contributed by atoms with Crippen LogP contribution in [0.2, 0.25) is 0 Å². The van der Waals surface area contributed by atoms with E-state index in [1.54, 1.807) is 0 Å². The smallest absolute Gasteiger partial charge is 0 e. The molecule has 0 N–H and O–H groups in total. The molecule has 0 saturated carbocycles. The van der Waals surface area contributed by atoms with Crippen LogP contribution >= 0.6 is 0 Å². The molecule has 1 radical (unpaired) electrons. The second-order valence-electron chi connectivity index (χ2n) is 5.05. The fraction of sp³-hybridized carbons (Fsp3) is 0.278. The third kappa shape index (κ3) is 4.17. The predicted octanol–water partition coefficient (Wildman–Crippen LogP) is 5.77. The average Bonchev–Trinajstić information content (AvgIpc) is 2.37. The normalized spacial score (nSPS) is 11.0. The molecule has 2 aromatic rings. The fourth-order valence-corrected chi connectivity index (χ4v) is 2.26. The molecule has 1 aliphatic rings. The van der Waals surface area contributed by atoms with Crippen molar-refractivity contribution in [3.8, 4) is 0 Å². The van der Waals surface area contributed by atoms with Gasteiger partial charge >= 0.3 is 0 Å². The standard InChI is InChI=1S/C15H14N.C3H7.Y/c1-10-3-5-14-12(7-10)9-13-8-11(2)4-6-15(13)16-14;1-3-2;/h3-8H,9H2,1-2H3;1,3H2,2H3;/q2*-1;. The fourth-order valence-electron chi connectivity index (χ4n) is 2.26. The van der Waals surface area contributed by atoms with Crippen molar-refractivity contribution in [1.82, 2.24) is 0 Å². The quantitative estimate of drug-likeness (QED) is 0.461. The summed E-state index contributed by atoms with van der Waals surface area (Å²) in [7, 11) is 0. The Hall–Kier alpha value is -0.656. The van der Waals surface area contributed by atoms with Crippen LogP contribution in [0.1, 0.15) is 35.6 Å². The van der Waals surface area contributed by atoms with Gasteiger partial charge in [0.15, 0.2) is 0 Å². The Balaban J connectivity index is 0.000000462. The number of nitrogens with zero attached hydrogens (tertiary/aromatic N) is 1. The number of aryl methyl sites for hydroxylation is 2. The van der Waals surface area contributed by atoms with E-state index in [0.29, 0.717) is 0 Å². The van der Waals surface area contributed by atoms with Crippen molar-refractivity contribution in [3.63, 3.8) is 0 Å². The molecule has 0 bridgehead atoms. The monoisotopic (exact) mass is 340 g/mol. The SMILES string of the molecule is Cc1ccc2c(c1)Cc1cc(C)ccc1[N-]2.[CH2-]CC.[Y]. The van der Waals surface area contributed by atoms with Gasteiger partial charge in [-0.05, 0) is 20.3 Å². The zero-order chi connectivity index (χ0) is 13.8. The number of benzene rings is 2. The Kier molecular flexibility index (Phi) is 6.92. The Morgan fingerprint density at radius 3 is 1.75 bits per heavy atom. The van der Waals surface area contributed by atoms with Crippen LogP contribution in [0.25, 0.3) is 5.32 Å². The largest absolute Gasteiger partial charge is 0.657 e. The second-order valence-corrected chi connectivity index (χ2v) is 5.05. The summed E-state index contributed by atoms with van der Waals surface area (Å²) in [6, 6.07) is 13.0. The first-order valence-corrected chi connectivity index (χ1v) is 6.84. The molecule has 1 nitrogen and oxygen atoms in total. The van der Waals surface area contributed by atoms with E-state index in [1.807, 2.05) is 6.92 Å². The molecule has 20 heavy (non-hydrogen) atoms. The van der Waals surface area contributed by atoms with Gasteiger partial charge in [-0.25, -0.2) is 0 Å². The Bertz CT molecular complexity index is 526. The summed E-state index contributed by atoms with van der Waals surface area (Å²) in [4.78, 5) is 0. The molecule has 2 heteroatoms. The van der Waals surface area contributed by atoms with Gasteiger partial charge in [0.1, 0.15) is 0 Å². The molecule has 0 amide bonds. The Labute approximate surface area is 148 Å². The summed E-state index contributed by atoms with van der Waals surface area (Å²) in [6.45, 7) is 9.76. The third-order valence-corrected chi connectivity index (χ3v) is 3.09. The summed E-state index contributed by atoms with van der Waals surface area (Å²) in [5.41, 5.74) is 7.57. The first kappa shape index (κ1) is 17.4. The Morgan fingerprint density at radius 2 is 1.35 bits per heavy atom. The Morgan fingerprint density at radius 1 is 0.950 bits per heavy atom. The van der Waals surface area contributed by atoms with E-state index in [4.69, 9.17) is 5.32 Å². The van der Waals surface area contributed by atoms with Crippen molar-refractivity contribution >= 4 is 11.4 Å². The minimum absolute atomic E-state index is 0. The molecule has 0 fully saturated rings. The maximum Gasteiger partial charge on any atom is 0 e. The zero-order valence-corrected chi connectivity index (χ0v) is 15.4. The molecular formula is C18H21NY-2. The molecule has 0 unspecified atom stereocenters. The van der Waals surface area contributed by atoms with E-state index in [2.05, 4.69) is 57.2 Å². The summed E-state index contributed by atoms with van der Waals surface area (Å²) in [6.07, 6.45) is 2.01. The van der Waals surface area contributed by atoms with Crippen LogP contribution in [0, 0.1) is 20.8 Å². The van der Waals surface area contributed by atoms with Gasteiger partial charge in [-0.3, -0.25) is 0 Å². The van der Waals surface area contributed by atoms with E-state index in [1.165, 1.54) is 22.3 Å². The second kappa shape index (κ2) is 7.95. The molecule has 1 heterocycles. The number of hydrogen-bond acceptors (Lipinski definition) is 0. The molecular weight excluding hydrogens is 319 g/mol. The summed E-state index contributed by atoms with van der Waals surface area (Å²) in [5, 5.41) is 4.69. The molecule has 2 aromatic carbocycles. The van der Waals surface area contributed by atoms with Crippen LogP contribution in [0.3, 0.4) is 0 Å². The molecule has 103 valence electrons. The molecule has 3 rings (SSSR count). The predicted molar refractivity (Wildman–Crippen MR) is 83.5 cm³/mol. The molecule has 0 aliphatic carbocycles. The first-order valence-electron chi connectivity index (χ1n) is 6.84. The summed E-state index contributed by atoms with van der Waals surface area (Å²) in [5.74, 6) is 0. The number of rotatable bonds is 0. The van der Waals surface area contributed by atoms with Gasteiger partial charge in [-0.15, -0.1) is 11.4 Å². The van der Waals surface area contributed by atoms with Crippen molar-refractivity contribution in [2.75, 3.05) is 0 Å². The van der Waals surface area contributed by atoms with Crippen molar-refractivity contribution in [3.05, 3.63) is 70.9 Å². The summed E-state index contributed by atoms with van der Waals surface area (Å²) < 4.78 is 0. The average molecular weight is 340 g/mol. The molecule has 1 aliphatic heterocycles. The van der Waals surface area contributed by atoms with Gasteiger partial charge in [0.05, 0.1) is 0 Å².